The first kappa shape index (κ1) is 17.1. The Balaban J connectivity index is 2.02. The molecule has 7 heteroatoms. The van der Waals surface area contributed by atoms with Gasteiger partial charge in [-0.05, 0) is 31.4 Å². The van der Waals surface area contributed by atoms with Crippen LogP contribution in [0.5, 0.6) is 0 Å². The Hall–Kier alpha value is -2.25. The summed E-state index contributed by atoms with van der Waals surface area (Å²) < 4.78 is 27.1. The molecule has 0 bridgehead atoms. The number of sulfonamides is 1. The van der Waals surface area contributed by atoms with Crippen LogP contribution in [-0.4, -0.2) is 19.4 Å². The van der Waals surface area contributed by atoms with E-state index in [1.807, 2.05) is 30.3 Å². The Morgan fingerprint density at radius 3 is 2.48 bits per heavy atom. The summed E-state index contributed by atoms with van der Waals surface area (Å²) in [6.45, 7) is 1.78. The molecule has 2 aromatic carbocycles. The van der Waals surface area contributed by atoms with E-state index < -0.39 is 14.9 Å². The van der Waals surface area contributed by atoms with Crippen LogP contribution in [-0.2, 0) is 16.4 Å². The lowest BCUT2D eigenvalue weighted by Crippen LogP contribution is -2.33. The summed E-state index contributed by atoms with van der Waals surface area (Å²) in [5, 5.41) is 10.8. The molecule has 2 rings (SSSR count). The Morgan fingerprint density at radius 1 is 1.13 bits per heavy atom. The van der Waals surface area contributed by atoms with Gasteiger partial charge in [0.25, 0.3) is 5.69 Å². The molecule has 0 aliphatic carbocycles. The lowest BCUT2D eigenvalue weighted by Gasteiger charge is -2.14. The van der Waals surface area contributed by atoms with Crippen molar-refractivity contribution in [1.29, 1.82) is 0 Å². The fourth-order valence-electron chi connectivity index (χ4n) is 2.18. The van der Waals surface area contributed by atoms with Gasteiger partial charge in [0.15, 0.2) is 0 Å². The Labute approximate surface area is 135 Å². The predicted molar refractivity (Wildman–Crippen MR) is 87.6 cm³/mol. The first-order chi connectivity index (χ1) is 10.9. The minimum absolute atomic E-state index is 0.0988. The predicted octanol–water partition coefficient (Wildman–Crippen LogP) is 2.89. The van der Waals surface area contributed by atoms with Gasteiger partial charge in [-0.25, -0.2) is 13.1 Å². The monoisotopic (exact) mass is 334 g/mol. The van der Waals surface area contributed by atoms with Crippen LogP contribution in [0.4, 0.5) is 5.69 Å². The van der Waals surface area contributed by atoms with Crippen molar-refractivity contribution in [2.45, 2.75) is 30.7 Å². The van der Waals surface area contributed by atoms with E-state index in [2.05, 4.69) is 4.72 Å². The van der Waals surface area contributed by atoms with E-state index in [1.54, 1.807) is 6.92 Å². The zero-order valence-electron chi connectivity index (χ0n) is 12.7. The Morgan fingerprint density at radius 2 is 1.83 bits per heavy atom. The molecular formula is C16H18N2O4S. The second-order valence-electron chi connectivity index (χ2n) is 5.30. The van der Waals surface area contributed by atoms with Crippen LogP contribution in [0.3, 0.4) is 0 Å². The number of hydrogen-bond donors (Lipinski definition) is 1. The van der Waals surface area contributed by atoms with Gasteiger partial charge in [0.2, 0.25) is 10.0 Å². The van der Waals surface area contributed by atoms with Gasteiger partial charge in [-0.15, -0.1) is 0 Å². The molecule has 0 saturated carbocycles. The van der Waals surface area contributed by atoms with E-state index >= 15 is 0 Å². The summed E-state index contributed by atoms with van der Waals surface area (Å²) >= 11 is 0. The number of hydrogen-bond acceptors (Lipinski definition) is 4. The maximum atomic E-state index is 12.3. The highest BCUT2D eigenvalue weighted by molar-refractivity contribution is 7.89. The fraction of sp³-hybridized carbons (Fsp3) is 0.250. The molecule has 0 aliphatic rings. The van der Waals surface area contributed by atoms with Crippen LogP contribution in [0.2, 0.25) is 0 Å². The molecule has 122 valence electrons. The fourth-order valence-corrected chi connectivity index (χ4v) is 3.50. The molecule has 1 N–H and O–H groups in total. The molecule has 0 fully saturated rings. The number of aryl methyl sites for hydroxylation is 1. The summed E-state index contributed by atoms with van der Waals surface area (Å²) in [7, 11) is -3.77. The van der Waals surface area contributed by atoms with Crippen molar-refractivity contribution in [3.8, 4) is 0 Å². The van der Waals surface area contributed by atoms with Gasteiger partial charge in [0.1, 0.15) is 0 Å². The van der Waals surface area contributed by atoms with Crippen LogP contribution >= 0.6 is 0 Å². The molecule has 1 atom stereocenters. The highest BCUT2D eigenvalue weighted by Crippen LogP contribution is 2.18. The molecule has 0 heterocycles. The smallest absolute Gasteiger partial charge is 0.258 e. The third-order valence-electron chi connectivity index (χ3n) is 3.40. The maximum absolute atomic E-state index is 12.3. The normalized spacial score (nSPS) is 12.7. The summed E-state index contributed by atoms with van der Waals surface area (Å²) in [5.74, 6) is 0. The van der Waals surface area contributed by atoms with Gasteiger partial charge in [0, 0.05) is 18.2 Å². The van der Waals surface area contributed by atoms with E-state index in [-0.39, 0.29) is 16.6 Å². The van der Waals surface area contributed by atoms with Gasteiger partial charge < -0.3 is 0 Å². The van der Waals surface area contributed by atoms with Crippen LogP contribution < -0.4 is 4.72 Å². The van der Waals surface area contributed by atoms with Crippen molar-refractivity contribution >= 4 is 15.7 Å². The van der Waals surface area contributed by atoms with Gasteiger partial charge in [-0.1, -0.05) is 36.4 Å². The number of nitro groups is 1. The third-order valence-corrected chi connectivity index (χ3v) is 4.99. The first-order valence-corrected chi connectivity index (χ1v) is 8.67. The number of nitro benzene ring substituents is 1. The van der Waals surface area contributed by atoms with E-state index in [0.29, 0.717) is 6.42 Å². The number of rotatable bonds is 7. The maximum Gasteiger partial charge on any atom is 0.270 e. The number of benzene rings is 2. The first-order valence-electron chi connectivity index (χ1n) is 7.19. The number of non-ortho nitro benzene ring substituents is 1. The van der Waals surface area contributed by atoms with Crippen molar-refractivity contribution in [2.24, 2.45) is 0 Å². The Bertz CT molecular complexity index is 776. The average molecular weight is 334 g/mol. The van der Waals surface area contributed by atoms with E-state index in [4.69, 9.17) is 0 Å². The van der Waals surface area contributed by atoms with Crippen LogP contribution in [0.25, 0.3) is 0 Å². The second kappa shape index (κ2) is 7.34. The largest absolute Gasteiger partial charge is 0.270 e. The van der Waals surface area contributed by atoms with Crippen molar-refractivity contribution in [3.63, 3.8) is 0 Å². The molecule has 6 nitrogen and oxygen atoms in total. The van der Waals surface area contributed by atoms with Gasteiger partial charge in [-0.2, -0.15) is 0 Å². The van der Waals surface area contributed by atoms with E-state index in [1.165, 1.54) is 18.2 Å². The molecule has 2 aromatic rings. The minimum atomic E-state index is -3.77. The van der Waals surface area contributed by atoms with Gasteiger partial charge in [-0.3, -0.25) is 10.1 Å². The Kier molecular flexibility index (Phi) is 5.46. The van der Waals surface area contributed by atoms with Crippen molar-refractivity contribution in [1.82, 2.24) is 4.72 Å². The molecule has 0 unspecified atom stereocenters. The molecule has 0 aromatic heterocycles. The third kappa shape index (κ3) is 4.87. The van der Waals surface area contributed by atoms with Gasteiger partial charge >= 0.3 is 0 Å². The number of nitrogens with one attached hydrogen (secondary N) is 1. The zero-order valence-corrected chi connectivity index (χ0v) is 13.5. The summed E-state index contributed by atoms with van der Waals surface area (Å²) in [5.41, 5.74) is 0.888. The molecule has 23 heavy (non-hydrogen) atoms. The summed E-state index contributed by atoms with van der Waals surface area (Å²) in [6, 6.07) is 14.5. The highest BCUT2D eigenvalue weighted by Gasteiger charge is 2.19. The SMILES string of the molecule is C[C@H](CCc1ccccc1)NS(=O)(=O)c1cccc([N+](=O)[O-])c1. The molecule has 0 aliphatic heterocycles. The van der Waals surface area contributed by atoms with Crippen molar-refractivity contribution in [2.75, 3.05) is 0 Å². The molecule has 0 spiro atoms. The van der Waals surface area contributed by atoms with Crippen LogP contribution in [0.1, 0.15) is 18.9 Å². The second-order valence-corrected chi connectivity index (χ2v) is 7.02. The van der Waals surface area contributed by atoms with Crippen molar-refractivity contribution < 1.29 is 13.3 Å². The quantitative estimate of drug-likeness (QED) is 0.623. The van der Waals surface area contributed by atoms with E-state index in [0.717, 1.165) is 18.1 Å². The zero-order chi connectivity index (χ0) is 16.9. The topological polar surface area (TPSA) is 89.3 Å². The van der Waals surface area contributed by atoms with Crippen LogP contribution in [0, 0.1) is 10.1 Å². The van der Waals surface area contributed by atoms with Gasteiger partial charge in [0.05, 0.1) is 9.82 Å². The molecular weight excluding hydrogens is 316 g/mol. The standard InChI is InChI=1S/C16H18N2O4S/c1-13(10-11-14-6-3-2-4-7-14)17-23(21,22)16-9-5-8-15(12-16)18(19)20/h2-9,12-13,17H,10-11H2,1H3/t13-/m1/s1. The lowest BCUT2D eigenvalue weighted by atomic mass is 10.1. The van der Waals surface area contributed by atoms with Crippen LogP contribution in [0.15, 0.2) is 59.5 Å². The number of nitrogens with zero attached hydrogens (tertiary/aromatic N) is 1. The molecule has 0 radical (unpaired) electrons. The molecule has 0 saturated heterocycles. The summed E-state index contributed by atoms with van der Waals surface area (Å²) in [4.78, 5) is 10.0. The minimum Gasteiger partial charge on any atom is -0.258 e. The lowest BCUT2D eigenvalue weighted by molar-refractivity contribution is -0.385. The van der Waals surface area contributed by atoms with E-state index in [9.17, 15) is 18.5 Å². The summed E-state index contributed by atoms with van der Waals surface area (Å²) in [6.07, 6.45) is 1.39. The average Bonchev–Trinajstić information content (AvgIpc) is 2.53. The molecule has 0 amide bonds. The highest BCUT2D eigenvalue weighted by atomic mass is 32.2. The van der Waals surface area contributed by atoms with Crippen molar-refractivity contribution in [3.05, 3.63) is 70.3 Å².